The Morgan fingerprint density at radius 3 is 2.80 bits per heavy atom. The van der Waals surface area contributed by atoms with Gasteiger partial charge >= 0.3 is 0 Å². The first-order valence-corrected chi connectivity index (χ1v) is 7.53. The summed E-state index contributed by atoms with van der Waals surface area (Å²) in [5.41, 5.74) is 5.67. The Kier molecular flexibility index (Phi) is 4.34. The van der Waals surface area contributed by atoms with Crippen LogP contribution < -0.4 is 10.6 Å². The molecule has 0 atom stereocenters. The van der Waals surface area contributed by atoms with Crippen LogP contribution in [-0.2, 0) is 19.4 Å². The Morgan fingerprint density at radius 2 is 1.90 bits per heavy atom. The molecule has 0 aromatic heterocycles. The topological polar surface area (TPSA) is 24.1 Å². The van der Waals surface area contributed by atoms with Gasteiger partial charge in [0.15, 0.2) is 0 Å². The highest BCUT2D eigenvalue weighted by atomic mass is 14.9. The average molecular weight is 266 g/mol. The number of anilines is 1. The molecule has 2 N–H and O–H groups in total. The predicted molar refractivity (Wildman–Crippen MR) is 85.1 cm³/mol. The molecule has 20 heavy (non-hydrogen) atoms. The molecule has 0 fully saturated rings. The van der Waals surface area contributed by atoms with E-state index in [0.717, 1.165) is 26.1 Å². The number of benzene rings is 2. The first kappa shape index (κ1) is 13.2. The molecule has 3 rings (SSSR count). The van der Waals surface area contributed by atoms with Crippen molar-refractivity contribution in [2.24, 2.45) is 0 Å². The maximum Gasteiger partial charge on any atom is 0.0405 e. The van der Waals surface area contributed by atoms with Crippen LogP contribution in [0.2, 0.25) is 0 Å². The van der Waals surface area contributed by atoms with E-state index in [4.69, 9.17) is 0 Å². The second kappa shape index (κ2) is 6.58. The first-order chi connectivity index (χ1) is 9.93. The van der Waals surface area contributed by atoms with Crippen molar-refractivity contribution in [3.8, 4) is 0 Å². The lowest BCUT2D eigenvalue weighted by Gasteiger charge is -2.21. The number of para-hydroxylation sites is 1. The Balaban J connectivity index is 1.54. The smallest absolute Gasteiger partial charge is 0.0405 e. The molecule has 0 radical (unpaired) electrons. The number of aryl methyl sites for hydroxylation is 1. The lowest BCUT2D eigenvalue weighted by atomic mass is 9.98. The van der Waals surface area contributed by atoms with Gasteiger partial charge in [-0.3, -0.25) is 0 Å². The van der Waals surface area contributed by atoms with E-state index >= 15 is 0 Å². The minimum Gasteiger partial charge on any atom is -0.385 e. The molecule has 0 saturated heterocycles. The van der Waals surface area contributed by atoms with Gasteiger partial charge in [0.05, 0.1) is 0 Å². The lowest BCUT2D eigenvalue weighted by Crippen LogP contribution is -2.19. The average Bonchev–Trinajstić information content (AvgIpc) is 2.53. The van der Waals surface area contributed by atoms with Crippen molar-refractivity contribution >= 4 is 5.69 Å². The molecule has 0 amide bonds. The van der Waals surface area contributed by atoms with Crippen LogP contribution >= 0.6 is 0 Å². The zero-order valence-electron chi connectivity index (χ0n) is 11.9. The quantitative estimate of drug-likeness (QED) is 0.811. The van der Waals surface area contributed by atoms with Gasteiger partial charge in [0, 0.05) is 18.8 Å². The van der Waals surface area contributed by atoms with Crippen LogP contribution in [0.3, 0.4) is 0 Å². The molecular weight excluding hydrogens is 244 g/mol. The molecule has 1 heterocycles. The molecule has 0 unspecified atom stereocenters. The summed E-state index contributed by atoms with van der Waals surface area (Å²) >= 11 is 0. The van der Waals surface area contributed by atoms with Crippen LogP contribution in [0.4, 0.5) is 5.69 Å². The molecule has 1 aliphatic rings. The summed E-state index contributed by atoms with van der Waals surface area (Å²) in [6.45, 7) is 3.08. The summed E-state index contributed by atoms with van der Waals surface area (Å²) in [5, 5.41) is 7.09. The minimum atomic E-state index is 0.948. The largest absolute Gasteiger partial charge is 0.385 e. The van der Waals surface area contributed by atoms with Gasteiger partial charge in [-0.2, -0.15) is 0 Å². The highest BCUT2D eigenvalue weighted by Crippen LogP contribution is 2.26. The van der Waals surface area contributed by atoms with Gasteiger partial charge in [0.25, 0.3) is 0 Å². The standard InChI is InChI=1S/C18H22N2/c1-2-6-15(7-3-1)14-19-13-11-17-9-4-8-16-10-5-12-20-18(16)17/h1-4,6-9,19-20H,5,10-14H2. The van der Waals surface area contributed by atoms with Crippen molar-refractivity contribution < 1.29 is 0 Å². The van der Waals surface area contributed by atoms with E-state index in [9.17, 15) is 0 Å². The van der Waals surface area contributed by atoms with Crippen molar-refractivity contribution in [3.63, 3.8) is 0 Å². The first-order valence-electron chi connectivity index (χ1n) is 7.53. The molecule has 2 aromatic rings. The number of hydrogen-bond donors (Lipinski definition) is 2. The van der Waals surface area contributed by atoms with Crippen LogP contribution in [0.15, 0.2) is 48.5 Å². The number of hydrogen-bond acceptors (Lipinski definition) is 2. The third-order valence-electron chi connectivity index (χ3n) is 3.90. The second-order valence-corrected chi connectivity index (χ2v) is 5.39. The fourth-order valence-electron chi connectivity index (χ4n) is 2.84. The molecular formula is C18H22N2. The molecule has 0 aliphatic carbocycles. The SMILES string of the molecule is c1ccc(CNCCc2cccc3c2NCCC3)cc1. The molecule has 2 heteroatoms. The summed E-state index contributed by atoms with van der Waals surface area (Å²) < 4.78 is 0. The Bertz CT molecular complexity index is 549. The van der Waals surface area contributed by atoms with Crippen molar-refractivity contribution in [2.45, 2.75) is 25.8 Å². The summed E-state index contributed by atoms with van der Waals surface area (Å²) in [4.78, 5) is 0. The van der Waals surface area contributed by atoms with Crippen molar-refractivity contribution in [1.82, 2.24) is 5.32 Å². The molecule has 1 aliphatic heterocycles. The van der Waals surface area contributed by atoms with E-state index in [0.29, 0.717) is 0 Å². The third-order valence-corrected chi connectivity index (χ3v) is 3.90. The Morgan fingerprint density at radius 1 is 1.00 bits per heavy atom. The van der Waals surface area contributed by atoms with Crippen LogP contribution in [0.25, 0.3) is 0 Å². The molecule has 0 bridgehead atoms. The van der Waals surface area contributed by atoms with Gasteiger partial charge < -0.3 is 10.6 Å². The highest BCUT2D eigenvalue weighted by molar-refractivity contribution is 5.59. The van der Waals surface area contributed by atoms with E-state index in [-0.39, 0.29) is 0 Å². The van der Waals surface area contributed by atoms with E-state index in [1.165, 1.54) is 35.2 Å². The fraction of sp³-hybridized carbons (Fsp3) is 0.333. The second-order valence-electron chi connectivity index (χ2n) is 5.39. The summed E-state index contributed by atoms with van der Waals surface area (Å²) in [7, 11) is 0. The van der Waals surface area contributed by atoms with Gasteiger partial charge in [-0.05, 0) is 42.5 Å². The van der Waals surface area contributed by atoms with E-state index in [1.807, 2.05) is 0 Å². The van der Waals surface area contributed by atoms with Gasteiger partial charge in [-0.25, -0.2) is 0 Å². The summed E-state index contributed by atoms with van der Waals surface area (Å²) in [6.07, 6.45) is 3.55. The van der Waals surface area contributed by atoms with Crippen LogP contribution in [0.1, 0.15) is 23.1 Å². The fourth-order valence-corrected chi connectivity index (χ4v) is 2.84. The van der Waals surface area contributed by atoms with Crippen molar-refractivity contribution in [2.75, 3.05) is 18.4 Å². The van der Waals surface area contributed by atoms with Crippen molar-refractivity contribution in [1.29, 1.82) is 0 Å². The maximum absolute atomic E-state index is 3.56. The van der Waals surface area contributed by atoms with Crippen molar-refractivity contribution in [3.05, 3.63) is 65.2 Å². The monoisotopic (exact) mass is 266 g/mol. The van der Waals surface area contributed by atoms with Gasteiger partial charge in [-0.1, -0.05) is 48.5 Å². The molecule has 0 spiro atoms. The van der Waals surface area contributed by atoms with E-state index < -0.39 is 0 Å². The molecule has 2 nitrogen and oxygen atoms in total. The van der Waals surface area contributed by atoms with Gasteiger partial charge in [-0.15, -0.1) is 0 Å². The van der Waals surface area contributed by atoms with Crippen LogP contribution in [-0.4, -0.2) is 13.1 Å². The van der Waals surface area contributed by atoms with Gasteiger partial charge in [0.2, 0.25) is 0 Å². The molecule has 2 aromatic carbocycles. The summed E-state index contributed by atoms with van der Waals surface area (Å²) in [6, 6.07) is 17.3. The molecule has 104 valence electrons. The maximum atomic E-state index is 3.56. The number of rotatable bonds is 5. The third kappa shape index (κ3) is 3.20. The van der Waals surface area contributed by atoms with Crippen LogP contribution in [0, 0.1) is 0 Å². The number of fused-ring (bicyclic) bond motifs is 1. The van der Waals surface area contributed by atoms with Crippen LogP contribution in [0.5, 0.6) is 0 Å². The minimum absolute atomic E-state index is 0.948. The van der Waals surface area contributed by atoms with E-state index in [1.54, 1.807) is 0 Å². The lowest BCUT2D eigenvalue weighted by molar-refractivity contribution is 0.685. The van der Waals surface area contributed by atoms with E-state index in [2.05, 4.69) is 59.2 Å². The predicted octanol–water partition coefficient (Wildman–Crippen LogP) is 3.38. The van der Waals surface area contributed by atoms with Gasteiger partial charge in [0.1, 0.15) is 0 Å². The zero-order chi connectivity index (χ0) is 13.6. The molecule has 0 saturated carbocycles. The number of nitrogens with one attached hydrogen (secondary N) is 2. The Hall–Kier alpha value is -1.80. The highest BCUT2D eigenvalue weighted by Gasteiger charge is 2.11. The normalized spacial score (nSPS) is 13.6. The summed E-state index contributed by atoms with van der Waals surface area (Å²) in [5.74, 6) is 0. The Labute approximate surface area is 121 Å². The zero-order valence-corrected chi connectivity index (χ0v) is 11.9.